The van der Waals surface area contributed by atoms with E-state index in [1.54, 1.807) is 17.1 Å². The van der Waals surface area contributed by atoms with Crippen molar-refractivity contribution in [2.24, 2.45) is 14.1 Å². The normalized spacial score (nSPS) is 16.2. The third kappa shape index (κ3) is 2.76. The van der Waals surface area contributed by atoms with Gasteiger partial charge in [0.2, 0.25) is 5.95 Å². The van der Waals surface area contributed by atoms with Crippen molar-refractivity contribution in [2.75, 3.05) is 18.0 Å². The van der Waals surface area contributed by atoms with E-state index in [2.05, 4.69) is 20.2 Å². The van der Waals surface area contributed by atoms with E-state index in [9.17, 15) is 4.79 Å². The van der Waals surface area contributed by atoms with Crippen LogP contribution in [0.15, 0.2) is 24.9 Å². The summed E-state index contributed by atoms with van der Waals surface area (Å²) in [7, 11) is 3.82. The van der Waals surface area contributed by atoms with Crippen LogP contribution in [0.4, 0.5) is 5.95 Å². The lowest BCUT2D eigenvalue weighted by Gasteiger charge is -2.32. The summed E-state index contributed by atoms with van der Waals surface area (Å²) in [6.07, 6.45) is 8.85. The predicted molar refractivity (Wildman–Crippen MR) is 79.1 cm³/mol. The molecule has 21 heavy (non-hydrogen) atoms. The van der Waals surface area contributed by atoms with Crippen molar-refractivity contribution in [1.29, 1.82) is 0 Å². The van der Waals surface area contributed by atoms with Crippen LogP contribution in [0.1, 0.15) is 23.3 Å². The number of imidazole rings is 2. The molecular weight excluding hydrogens is 268 g/mol. The number of hydrogen-bond donors (Lipinski definition) is 1. The van der Waals surface area contributed by atoms with Gasteiger partial charge in [0.05, 0.1) is 12.5 Å². The van der Waals surface area contributed by atoms with E-state index in [1.807, 2.05) is 31.1 Å². The van der Waals surface area contributed by atoms with Gasteiger partial charge in [0, 0.05) is 45.6 Å². The van der Waals surface area contributed by atoms with Crippen LogP contribution < -0.4 is 10.2 Å². The molecule has 1 aliphatic rings. The Hall–Kier alpha value is -2.31. The Kier molecular flexibility index (Phi) is 3.64. The van der Waals surface area contributed by atoms with E-state index in [0.717, 1.165) is 31.9 Å². The fourth-order valence-corrected chi connectivity index (χ4v) is 2.72. The van der Waals surface area contributed by atoms with Crippen LogP contribution in [0.2, 0.25) is 0 Å². The first-order chi connectivity index (χ1) is 10.1. The van der Waals surface area contributed by atoms with E-state index in [1.165, 1.54) is 0 Å². The third-order valence-corrected chi connectivity index (χ3v) is 3.96. The van der Waals surface area contributed by atoms with Gasteiger partial charge >= 0.3 is 0 Å². The number of hydrogen-bond acceptors (Lipinski definition) is 4. The average molecular weight is 288 g/mol. The average Bonchev–Trinajstić information content (AvgIpc) is 3.08. The fraction of sp³-hybridized carbons (Fsp3) is 0.500. The van der Waals surface area contributed by atoms with Crippen LogP contribution >= 0.6 is 0 Å². The van der Waals surface area contributed by atoms with Gasteiger partial charge in [-0.15, -0.1) is 0 Å². The number of anilines is 1. The van der Waals surface area contributed by atoms with Gasteiger partial charge in [0.1, 0.15) is 5.69 Å². The molecule has 0 aromatic carbocycles. The third-order valence-electron chi connectivity index (χ3n) is 3.96. The van der Waals surface area contributed by atoms with Gasteiger partial charge in [-0.3, -0.25) is 4.79 Å². The molecule has 1 saturated heterocycles. The molecule has 0 bridgehead atoms. The summed E-state index contributed by atoms with van der Waals surface area (Å²) >= 11 is 0. The zero-order chi connectivity index (χ0) is 14.8. The largest absolute Gasteiger partial charge is 0.348 e. The molecule has 2 aromatic heterocycles. The fourth-order valence-electron chi connectivity index (χ4n) is 2.72. The van der Waals surface area contributed by atoms with E-state index in [-0.39, 0.29) is 11.9 Å². The molecule has 0 spiro atoms. The Labute approximate surface area is 123 Å². The number of aryl methyl sites for hydroxylation is 2. The van der Waals surface area contributed by atoms with Gasteiger partial charge < -0.3 is 19.4 Å². The minimum Gasteiger partial charge on any atom is -0.348 e. The molecule has 1 N–H and O–H groups in total. The van der Waals surface area contributed by atoms with Crippen molar-refractivity contribution in [2.45, 2.75) is 18.9 Å². The first kappa shape index (κ1) is 13.7. The summed E-state index contributed by atoms with van der Waals surface area (Å²) in [5.41, 5.74) is 0.599. The molecule has 0 aliphatic carbocycles. The SMILES string of the molecule is Cn1cncc1C(=O)NC1CCN(c2nccn2C)CC1. The molecule has 1 aliphatic heterocycles. The van der Waals surface area contributed by atoms with Crippen molar-refractivity contribution in [3.05, 3.63) is 30.6 Å². The van der Waals surface area contributed by atoms with Crippen LogP contribution in [0.25, 0.3) is 0 Å². The van der Waals surface area contributed by atoms with E-state index in [0.29, 0.717) is 5.69 Å². The Morgan fingerprint density at radius 1 is 1.29 bits per heavy atom. The lowest BCUT2D eigenvalue weighted by molar-refractivity contribution is 0.0922. The van der Waals surface area contributed by atoms with Crippen LogP contribution in [-0.2, 0) is 14.1 Å². The zero-order valence-electron chi connectivity index (χ0n) is 12.4. The molecule has 1 amide bonds. The summed E-state index contributed by atoms with van der Waals surface area (Å²) in [5, 5.41) is 3.09. The van der Waals surface area contributed by atoms with E-state index < -0.39 is 0 Å². The van der Waals surface area contributed by atoms with Gasteiger partial charge in [0.15, 0.2) is 0 Å². The summed E-state index contributed by atoms with van der Waals surface area (Å²) in [5.74, 6) is 0.942. The molecule has 0 unspecified atom stereocenters. The van der Waals surface area contributed by atoms with E-state index in [4.69, 9.17) is 0 Å². The first-order valence-electron chi connectivity index (χ1n) is 7.14. The second kappa shape index (κ2) is 5.59. The summed E-state index contributed by atoms with van der Waals surface area (Å²) < 4.78 is 3.76. The minimum atomic E-state index is -0.0505. The number of nitrogens with one attached hydrogen (secondary N) is 1. The topological polar surface area (TPSA) is 68.0 Å². The molecule has 0 atom stereocenters. The van der Waals surface area contributed by atoms with Crippen molar-refractivity contribution >= 4 is 11.9 Å². The maximum absolute atomic E-state index is 12.2. The molecule has 7 heteroatoms. The molecular formula is C14H20N6O. The zero-order valence-corrected chi connectivity index (χ0v) is 12.4. The maximum atomic E-state index is 12.2. The summed E-state index contributed by atoms with van der Waals surface area (Å²) in [6.45, 7) is 1.81. The number of carbonyl (C=O) groups excluding carboxylic acids is 1. The molecule has 7 nitrogen and oxygen atoms in total. The van der Waals surface area contributed by atoms with Gasteiger partial charge in [-0.25, -0.2) is 9.97 Å². The van der Waals surface area contributed by atoms with Gasteiger partial charge in [0.25, 0.3) is 5.91 Å². The predicted octanol–water partition coefficient (Wildman–Crippen LogP) is 0.552. The Morgan fingerprint density at radius 2 is 2.05 bits per heavy atom. The highest BCUT2D eigenvalue weighted by Crippen LogP contribution is 2.17. The number of amides is 1. The minimum absolute atomic E-state index is 0.0505. The van der Waals surface area contributed by atoms with Crippen LogP contribution in [-0.4, -0.2) is 44.1 Å². The number of carbonyl (C=O) groups is 1. The molecule has 2 aromatic rings. The van der Waals surface area contributed by atoms with Crippen LogP contribution in [0, 0.1) is 0 Å². The number of aromatic nitrogens is 4. The van der Waals surface area contributed by atoms with Crippen molar-refractivity contribution in [3.63, 3.8) is 0 Å². The van der Waals surface area contributed by atoms with Crippen LogP contribution in [0.3, 0.4) is 0 Å². The second-order valence-electron chi connectivity index (χ2n) is 5.46. The standard InChI is InChI=1S/C14H20N6O/c1-18-8-5-16-14(18)20-6-3-11(4-7-20)17-13(21)12-9-15-10-19(12)2/h5,8-11H,3-4,6-7H2,1-2H3,(H,17,21). The van der Waals surface area contributed by atoms with Crippen molar-refractivity contribution in [1.82, 2.24) is 24.4 Å². The molecule has 1 fully saturated rings. The van der Waals surface area contributed by atoms with Gasteiger partial charge in [-0.2, -0.15) is 0 Å². The lowest BCUT2D eigenvalue weighted by atomic mass is 10.1. The van der Waals surface area contributed by atoms with Crippen molar-refractivity contribution in [3.8, 4) is 0 Å². The number of rotatable bonds is 3. The van der Waals surface area contributed by atoms with Gasteiger partial charge in [-0.1, -0.05) is 0 Å². The van der Waals surface area contributed by atoms with Crippen LogP contribution in [0.5, 0.6) is 0 Å². The first-order valence-corrected chi connectivity index (χ1v) is 7.14. The molecule has 0 saturated carbocycles. The Morgan fingerprint density at radius 3 is 2.62 bits per heavy atom. The lowest BCUT2D eigenvalue weighted by Crippen LogP contribution is -2.45. The molecule has 3 rings (SSSR count). The highest BCUT2D eigenvalue weighted by atomic mass is 16.2. The summed E-state index contributed by atoms with van der Waals surface area (Å²) in [6, 6.07) is 0.212. The molecule has 0 radical (unpaired) electrons. The van der Waals surface area contributed by atoms with Crippen molar-refractivity contribution < 1.29 is 4.79 Å². The highest BCUT2D eigenvalue weighted by molar-refractivity contribution is 5.92. The smallest absolute Gasteiger partial charge is 0.269 e. The molecule has 3 heterocycles. The number of piperidine rings is 1. The monoisotopic (exact) mass is 288 g/mol. The Bertz CT molecular complexity index is 623. The van der Waals surface area contributed by atoms with Gasteiger partial charge in [-0.05, 0) is 12.8 Å². The maximum Gasteiger partial charge on any atom is 0.269 e. The highest BCUT2D eigenvalue weighted by Gasteiger charge is 2.23. The van der Waals surface area contributed by atoms with E-state index >= 15 is 0 Å². The quantitative estimate of drug-likeness (QED) is 0.896. The molecule has 112 valence electrons. The second-order valence-corrected chi connectivity index (χ2v) is 5.46. The Balaban J connectivity index is 1.56. The summed E-state index contributed by atoms with van der Waals surface area (Å²) in [4.78, 5) is 22.8. The number of nitrogens with zero attached hydrogens (tertiary/aromatic N) is 5.